The zero-order valence-electron chi connectivity index (χ0n) is 18.3. The van der Waals surface area contributed by atoms with Gasteiger partial charge in [0.05, 0.1) is 20.8 Å². The molecule has 3 rings (SSSR count). The summed E-state index contributed by atoms with van der Waals surface area (Å²) in [6, 6.07) is 11.3. The van der Waals surface area contributed by atoms with Gasteiger partial charge in [-0.05, 0) is 43.3 Å². The Hall–Kier alpha value is -3.75. The van der Waals surface area contributed by atoms with Gasteiger partial charge in [0, 0.05) is 43.4 Å². The number of hydrogen-bond donors (Lipinski definition) is 0. The zero-order chi connectivity index (χ0) is 23.1. The number of methoxy groups -OCH3 is 2. The summed E-state index contributed by atoms with van der Waals surface area (Å²) in [4.78, 5) is 40.5. The molecule has 0 aromatic heterocycles. The van der Waals surface area contributed by atoms with Crippen molar-refractivity contribution in [3.8, 4) is 17.2 Å². The Balaban J connectivity index is 1.59. The van der Waals surface area contributed by atoms with Crippen molar-refractivity contribution in [3.05, 3.63) is 53.6 Å². The molecule has 0 atom stereocenters. The van der Waals surface area contributed by atoms with Crippen molar-refractivity contribution in [3.63, 3.8) is 0 Å². The number of amides is 2. The molecule has 0 spiro atoms. The van der Waals surface area contributed by atoms with Gasteiger partial charge in [-0.15, -0.1) is 0 Å². The maximum Gasteiger partial charge on any atom is 0.513 e. The second-order valence-electron chi connectivity index (χ2n) is 7.00. The van der Waals surface area contributed by atoms with Gasteiger partial charge in [0.2, 0.25) is 0 Å². The van der Waals surface area contributed by atoms with Crippen LogP contribution in [0.15, 0.2) is 42.5 Å². The molecule has 0 radical (unpaired) electrons. The normalized spacial score (nSPS) is 13.3. The molecule has 9 heteroatoms. The highest BCUT2D eigenvalue weighted by Crippen LogP contribution is 2.24. The third-order valence-electron chi connectivity index (χ3n) is 5.02. The zero-order valence-corrected chi connectivity index (χ0v) is 18.3. The van der Waals surface area contributed by atoms with E-state index in [4.69, 9.17) is 18.9 Å². The summed E-state index contributed by atoms with van der Waals surface area (Å²) in [6.07, 6.45) is -0.791. The van der Waals surface area contributed by atoms with Crippen LogP contribution in [0.25, 0.3) is 0 Å². The van der Waals surface area contributed by atoms with Crippen LogP contribution >= 0.6 is 0 Å². The minimum Gasteiger partial charge on any atom is -0.497 e. The molecule has 1 aliphatic heterocycles. The fourth-order valence-corrected chi connectivity index (χ4v) is 3.32. The third kappa shape index (κ3) is 5.48. The Bertz CT molecular complexity index is 945. The van der Waals surface area contributed by atoms with Crippen LogP contribution in [0.5, 0.6) is 17.2 Å². The van der Waals surface area contributed by atoms with Gasteiger partial charge in [0.25, 0.3) is 11.8 Å². The van der Waals surface area contributed by atoms with Crippen molar-refractivity contribution in [2.45, 2.75) is 6.92 Å². The van der Waals surface area contributed by atoms with Crippen LogP contribution in [-0.4, -0.2) is 74.8 Å². The number of hydrogen-bond acceptors (Lipinski definition) is 7. The van der Waals surface area contributed by atoms with Crippen molar-refractivity contribution in [1.82, 2.24) is 9.80 Å². The monoisotopic (exact) mass is 442 g/mol. The molecular weight excluding hydrogens is 416 g/mol. The molecule has 2 aromatic carbocycles. The number of nitrogens with zero attached hydrogens (tertiary/aromatic N) is 2. The summed E-state index contributed by atoms with van der Waals surface area (Å²) in [7, 11) is 3.06. The second kappa shape index (κ2) is 10.5. The van der Waals surface area contributed by atoms with E-state index in [1.165, 1.54) is 14.2 Å². The highest BCUT2D eigenvalue weighted by Gasteiger charge is 2.26. The van der Waals surface area contributed by atoms with Crippen LogP contribution in [0.4, 0.5) is 4.79 Å². The predicted molar refractivity (Wildman–Crippen MR) is 115 cm³/mol. The molecule has 1 heterocycles. The summed E-state index contributed by atoms with van der Waals surface area (Å²) < 4.78 is 20.2. The highest BCUT2D eigenvalue weighted by atomic mass is 16.7. The first-order valence-electron chi connectivity index (χ1n) is 10.2. The number of carbonyl (C=O) groups excluding carboxylic acids is 3. The Morgan fingerprint density at radius 3 is 1.72 bits per heavy atom. The lowest BCUT2D eigenvalue weighted by molar-refractivity contribution is 0.0535. The van der Waals surface area contributed by atoms with Crippen LogP contribution in [-0.2, 0) is 4.74 Å². The van der Waals surface area contributed by atoms with E-state index >= 15 is 0 Å². The van der Waals surface area contributed by atoms with Gasteiger partial charge in [-0.3, -0.25) is 9.59 Å². The molecule has 0 N–H and O–H groups in total. The Morgan fingerprint density at radius 1 is 0.750 bits per heavy atom. The Labute approximate surface area is 186 Å². The van der Waals surface area contributed by atoms with Crippen molar-refractivity contribution < 1.29 is 33.3 Å². The van der Waals surface area contributed by atoms with Gasteiger partial charge < -0.3 is 28.7 Å². The Kier molecular flexibility index (Phi) is 7.54. The summed E-state index contributed by atoms with van der Waals surface area (Å²) in [5, 5.41) is 0. The van der Waals surface area contributed by atoms with E-state index in [9.17, 15) is 14.4 Å². The maximum absolute atomic E-state index is 12.9. The average molecular weight is 442 g/mol. The molecule has 2 aromatic rings. The van der Waals surface area contributed by atoms with Crippen molar-refractivity contribution in [1.29, 1.82) is 0 Å². The molecule has 2 amide bonds. The van der Waals surface area contributed by atoms with E-state index in [1.54, 1.807) is 59.2 Å². The lowest BCUT2D eigenvalue weighted by atomic mass is 10.1. The molecule has 170 valence electrons. The summed E-state index contributed by atoms with van der Waals surface area (Å²) >= 11 is 0. The number of piperazine rings is 1. The number of ether oxygens (including phenoxy) is 4. The molecular formula is C23H26N2O7. The first-order chi connectivity index (χ1) is 15.4. The van der Waals surface area contributed by atoms with Crippen LogP contribution in [0.1, 0.15) is 27.6 Å². The van der Waals surface area contributed by atoms with Crippen LogP contribution in [0.3, 0.4) is 0 Å². The minimum atomic E-state index is -0.791. The molecule has 9 nitrogen and oxygen atoms in total. The summed E-state index contributed by atoms with van der Waals surface area (Å²) in [6.45, 7) is 3.54. The standard InChI is InChI=1S/C23H26N2O7/c1-4-31-23(28)32-18-7-5-16(6-8-18)21(26)24-9-11-25(12-10-24)22(27)17-13-19(29-2)15-20(14-17)30-3/h5-8,13-15H,4,9-12H2,1-3H3. The minimum absolute atomic E-state index is 0.144. The molecule has 0 bridgehead atoms. The number of rotatable bonds is 6. The third-order valence-corrected chi connectivity index (χ3v) is 5.02. The van der Waals surface area contributed by atoms with E-state index in [0.29, 0.717) is 54.6 Å². The van der Waals surface area contributed by atoms with Gasteiger partial charge in [0.1, 0.15) is 17.2 Å². The SMILES string of the molecule is CCOC(=O)Oc1ccc(C(=O)N2CCN(C(=O)c3cc(OC)cc(OC)c3)CC2)cc1. The van der Waals surface area contributed by atoms with Crippen molar-refractivity contribution >= 4 is 18.0 Å². The topological polar surface area (TPSA) is 94.6 Å². The molecule has 1 saturated heterocycles. The highest BCUT2D eigenvalue weighted by molar-refractivity contribution is 5.96. The maximum atomic E-state index is 12.9. The van der Waals surface area contributed by atoms with Gasteiger partial charge in [-0.2, -0.15) is 0 Å². The van der Waals surface area contributed by atoms with Gasteiger partial charge in [0.15, 0.2) is 0 Å². The molecule has 0 unspecified atom stereocenters. The first kappa shape index (κ1) is 22.9. The quantitative estimate of drug-likeness (QED) is 0.502. The molecule has 32 heavy (non-hydrogen) atoms. The van der Waals surface area contributed by atoms with Crippen LogP contribution < -0.4 is 14.2 Å². The summed E-state index contributed by atoms with van der Waals surface area (Å²) in [5.41, 5.74) is 0.941. The smallest absolute Gasteiger partial charge is 0.497 e. The van der Waals surface area contributed by atoms with E-state index in [2.05, 4.69) is 0 Å². The fraction of sp³-hybridized carbons (Fsp3) is 0.348. The van der Waals surface area contributed by atoms with E-state index in [-0.39, 0.29) is 18.4 Å². The van der Waals surface area contributed by atoms with Gasteiger partial charge in [-0.25, -0.2) is 4.79 Å². The molecule has 1 aliphatic rings. The Morgan fingerprint density at radius 2 is 1.25 bits per heavy atom. The number of benzene rings is 2. The lowest BCUT2D eigenvalue weighted by Crippen LogP contribution is -2.50. The summed E-state index contributed by atoms with van der Waals surface area (Å²) in [5.74, 6) is 1.08. The predicted octanol–water partition coefficient (Wildman–Crippen LogP) is 2.84. The molecule has 0 saturated carbocycles. The second-order valence-corrected chi connectivity index (χ2v) is 7.00. The van der Waals surface area contributed by atoms with Gasteiger partial charge in [-0.1, -0.05) is 0 Å². The fourth-order valence-electron chi connectivity index (χ4n) is 3.32. The molecule has 1 fully saturated rings. The average Bonchev–Trinajstić information content (AvgIpc) is 2.83. The van der Waals surface area contributed by atoms with Crippen molar-refractivity contribution in [2.24, 2.45) is 0 Å². The van der Waals surface area contributed by atoms with Crippen molar-refractivity contribution in [2.75, 3.05) is 47.0 Å². The van der Waals surface area contributed by atoms with Crippen LogP contribution in [0, 0.1) is 0 Å². The largest absolute Gasteiger partial charge is 0.513 e. The van der Waals surface area contributed by atoms with E-state index in [1.807, 2.05) is 0 Å². The van der Waals surface area contributed by atoms with Crippen LogP contribution in [0.2, 0.25) is 0 Å². The lowest BCUT2D eigenvalue weighted by Gasteiger charge is -2.35. The van der Waals surface area contributed by atoms with E-state index in [0.717, 1.165) is 0 Å². The number of carbonyl (C=O) groups is 3. The molecule has 0 aliphatic carbocycles. The first-order valence-corrected chi connectivity index (χ1v) is 10.2. The van der Waals surface area contributed by atoms with E-state index < -0.39 is 6.16 Å². The van der Waals surface area contributed by atoms with Gasteiger partial charge >= 0.3 is 6.16 Å².